The second-order valence-electron chi connectivity index (χ2n) is 10.5. The molecule has 0 spiro atoms. The fourth-order valence-electron chi connectivity index (χ4n) is 5.81. The number of nitrogen functional groups attached to an aromatic ring is 1. The molecule has 5 heterocycles. The van der Waals surface area contributed by atoms with E-state index in [0.717, 1.165) is 101 Å². The number of anilines is 2. The van der Waals surface area contributed by atoms with Crippen LogP contribution in [0.15, 0.2) is 36.8 Å². The van der Waals surface area contributed by atoms with Gasteiger partial charge in [0.1, 0.15) is 18.5 Å². The molecule has 3 aromatic heterocycles. The van der Waals surface area contributed by atoms with Crippen LogP contribution in [0.5, 0.6) is 11.6 Å². The lowest BCUT2D eigenvalue weighted by Gasteiger charge is -2.41. The van der Waals surface area contributed by atoms with Crippen molar-refractivity contribution in [1.29, 1.82) is 0 Å². The zero-order valence-electron chi connectivity index (χ0n) is 22.5. The van der Waals surface area contributed by atoms with Crippen molar-refractivity contribution in [2.45, 2.75) is 37.8 Å². The lowest BCUT2D eigenvalue weighted by Crippen LogP contribution is -2.52. The normalized spacial score (nSPS) is 23.1. The van der Waals surface area contributed by atoms with Gasteiger partial charge in [-0.2, -0.15) is 4.98 Å². The predicted molar refractivity (Wildman–Crippen MR) is 149 cm³/mol. The second-order valence-corrected chi connectivity index (χ2v) is 10.5. The number of hydrogen-bond acceptors (Lipinski definition) is 11. The smallest absolute Gasteiger partial charge is 0.225 e. The maximum absolute atomic E-state index is 6.57. The Labute approximate surface area is 229 Å². The monoisotopic (exact) mass is 534 g/mol. The van der Waals surface area contributed by atoms with Gasteiger partial charge in [-0.15, -0.1) is 0 Å². The van der Waals surface area contributed by atoms with Gasteiger partial charge in [-0.05, 0) is 37.8 Å². The van der Waals surface area contributed by atoms with Gasteiger partial charge in [0.25, 0.3) is 0 Å². The summed E-state index contributed by atoms with van der Waals surface area (Å²) < 4.78 is 17.9. The van der Waals surface area contributed by atoms with Gasteiger partial charge in [-0.1, -0.05) is 0 Å². The fraction of sp³-hybridized carbons (Fsp3) is 0.571. The van der Waals surface area contributed by atoms with Crippen LogP contribution in [0.4, 0.5) is 11.8 Å². The third kappa shape index (κ3) is 6.48. The van der Waals surface area contributed by atoms with E-state index in [2.05, 4.69) is 41.8 Å². The van der Waals surface area contributed by atoms with E-state index in [1.165, 1.54) is 0 Å². The van der Waals surface area contributed by atoms with Gasteiger partial charge >= 0.3 is 0 Å². The lowest BCUT2D eigenvalue weighted by molar-refractivity contribution is 0.0472. The van der Waals surface area contributed by atoms with Crippen LogP contribution in [0.2, 0.25) is 0 Å². The zero-order chi connectivity index (χ0) is 26.4. The Morgan fingerprint density at radius 1 is 0.949 bits per heavy atom. The third-order valence-electron chi connectivity index (χ3n) is 8.06. The minimum atomic E-state index is 0.188. The molecule has 3 aromatic rings. The van der Waals surface area contributed by atoms with Gasteiger partial charge in [0.05, 0.1) is 36.5 Å². The van der Waals surface area contributed by atoms with Crippen molar-refractivity contribution in [3.63, 3.8) is 0 Å². The minimum Gasteiger partial charge on any atom is -0.489 e. The summed E-state index contributed by atoms with van der Waals surface area (Å²) in [7, 11) is 0. The van der Waals surface area contributed by atoms with Crippen molar-refractivity contribution in [2.75, 3.05) is 76.3 Å². The molecule has 2 aliphatic heterocycles. The Hall–Kier alpha value is -3.28. The van der Waals surface area contributed by atoms with Crippen molar-refractivity contribution in [2.24, 2.45) is 0 Å². The van der Waals surface area contributed by atoms with E-state index in [9.17, 15) is 0 Å². The molecule has 3 aliphatic rings. The Balaban J connectivity index is 0.979. The topological polar surface area (TPSA) is 115 Å². The van der Waals surface area contributed by atoms with Crippen molar-refractivity contribution in [1.82, 2.24) is 29.7 Å². The average Bonchev–Trinajstić information content (AvgIpc) is 2.99. The molecule has 0 radical (unpaired) electrons. The molecule has 0 bridgehead atoms. The van der Waals surface area contributed by atoms with Crippen LogP contribution in [0.3, 0.4) is 0 Å². The first-order chi connectivity index (χ1) is 19.2. The number of nitrogens with two attached hydrogens (primary N) is 1. The SMILES string of the molecule is Nc1ncc(OCCN2CCN(C3CCC(Oc4nc(N5CCOCC5)cc5ncccc45)CC3)CC2)cn1. The molecule has 39 heavy (non-hydrogen) atoms. The first kappa shape index (κ1) is 26.0. The molecular formula is C28H38N8O3. The minimum absolute atomic E-state index is 0.188. The summed E-state index contributed by atoms with van der Waals surface area (Å²) >= 11 is 0. The fourth-order valence-corrected chi connectivity index (χ4v) is 5.81. The molecule has 11 nitrogen and oxygen atoms in total. The van der Waals surface area contributed by atoms with Crippen molar-refractivity contribution < 1.29 is 14.2 Å². The Morgan fingerprint density at radius 3 is 2.49 bits per heavy atom. The van der Waals surface area contributed by atoms with Gasteiger partial charge in [-0.3, -0.25) is 14.8 Å². The summed E-state index contributed by atoms with van der Waals surface area (Å²) in [5.74, 6) is 2.57. The number of pyridine rings is 2. The molecule has 0 aromatic carbocycles. The second kappa shape index (κ2) is 12.3. The predicted octanol–water partition coefficient (Wildman–Crippen LogP) is 2.23. The molecule has 0 atom stereocenters. The lowest BCUT2D eigenvalue weighted by atomic mass is 9.91. The van der Waals surface area contributed by atoms with Crippen LogP contribution in [-0.4, -0.2) is 108 Å². The first-order valence-electron chi connectivity index (χ1n) is 14.1. The number of aromatic nitrogens is 4. The number of hydrogen-bond donors (Lipinski definition) is 1. The van der Waals surface area contributed by atoms with Crippen LogP contribution in [0.25, 0.3) is 10.9 Å². The maximum atomic E-state index is 6.57. The molecule has 0 amide bonds. The molecule has 208 valence electrons. The Kier molecular flexibility index (Phi) is 8.17. The van der Waals surface area contributed by atoms with E-state index in [4.69, 9.17) is 24.9 Å². The summed E-state index contributed by atoms with van der Waals surface area (Å²) in [5.41, 5.74) is 6.47. The highest BCUT2D eigenvalue weighted by Gasteiger charge is 2.30. The maximum Gasteiger partial charge on any atom is 0.225 e. The largest absolute Gasteiger partial charge is 0.489 e. The number of ether oxygens (including phenoxy) is 3. The number of rotatable bonds is 8. The first-order valence-corrected chi connectivity index (χ1v) is 14.1. The van der Waals surface area contributed by atoms with E-state index < -0.39 is 0 Å². The van der Waals surface area contributed by atoms with E-state index >= 15 is 0 Å². The van der Waals surface area contributed by atoms with Crippen molar-refractivity contribution in [3.05, 3.63) is 36.8 Å². The number of morpholine rings is 1. The van der Waals surface area contributed by atoms with Gasteiger partial charge in [0, 0.05) is 64.1 Å². The Bertz CT molecular complexity index is 1210. The van der Waals surface area contributed by atoms with Crippen LogP contribution >= 0.6 is 0 Å². The third-order valence-corrected chi connectivity index (χ3v) is 8.06. The number of nitrogens with zero attached hydrogens (tertiary/aromatic N) is 7. The van der Waals surface area contributed by atoms with Crippen LogP contribution in [-0.2, 0) is 4.74 Å². The van der Waals surface area contributed by atoms with Gasteiger partial charge in [-0.25, -0.2) is 9.97 Å². The molecule has 3 fully saturated rings. The number of piperazine rings is 1. The molecular weight excluding hydrogens is 496 g/mol. The molecule has 0 unspecified atom stereocenters. The highest BCUT2D eigenvalue weighted by atomic mass is 16.5. The van der Waals surface area contributed by atoms with E-state index in [-0.39, 0.29) is 12.1 Å². The van der Waals surface area contributed by atoms with Crippen LogP contribution in [0, 0.1) is 0 Å². The zero-order valence-corrected chi connectivity index (χ0v) is 22.5. The summed E-state index contributed by atoms with van der Waals surface area (Å²) in [6.07, 6.45) is 9.68. The summed E-state index contributed by atoms with van der Waals surface area (Å²) in [5, 5.41) is 0.987. The Morgan fingerprint density at radius 2 is 1.72 bits per heavy atom. The van der Waals surface area contributed by atoms with Gasteiger partial charge in [0.2, 0.25) is 11.8 Å². The molecule has 2 saturated heterocycles. The van der Waals surface area contributed by atoms with Crippen molar-refractivity contribution >= 4 is 22.7 Å². The standard InChI is InChI=1S/C28H38N8O3/c29-28-31-19-23(20-32-28)38-17-12-34-8-10-35(11-9-34)21-3-5-22(6-4-21)39-27-24-2-1-7-30-25(24)18-26(33-27)36-13-15-37-16-14-36/h1-2,7,18-22H,3-6,8-17H2,(H2,29,31,32). The van der Waals surface area contributed by atoms with E-state index in [1.807, 2.05) is 12.3 Å². The van der Waals surface area contributed by atoms with E-state index in [1.54, 1.807) is 12.4 Å². The van der Waals surface area contributed by atoms with Gasteiger partial charge < -0.3 is 24.8 Å². The van der Waals surface area contributed by atoms with Gasteiger partial charge in [0.15, 0.2) is 5.75 Å². The van der Waals surface area contributed by atoms with Crippen molar-refractivity contribution in [3.8, 4) is 11.6 Å². The molecule has 1 saturated carbocycles. The summed E-state index contributed by atoms with van der Waals surface area (Å²) in [6, 6.07) is 6.72. The molecule has 1 aliphatic carbocycles. The quantitative estimate of drug-likeness (QED) is 0.459. The van der Waals surface area contributed by atoms with Crippen LogP contribution < -0.4 is 20.1 Å². The molecule has 2 N–H and O–H groups in total. The van der Waals surface area contributed by atoms with Crippen LogP contribution in [0.1, 0.15) is 25.7 Å². The average molecular weight is 535 g/mol. The van der Waals surface area contributed by atoms with E-state index in [0.29, 0.717) is 24.3 Å². The molecule has 6 rings (SSSR count). The highest BCUT2D eigenvalue weighted by molar-refractivity contribution is 5.85. The highest BCUT2D eigenvalue weighted by Crippen LogP contribution is 2.32. The summed E-state index contributed by atoms with van der Waals surface area (Å²) in [4.78, 5) is 24.9. The number of fused-ring (bicyclic) bond motifs is 1. The molecule has 11 heteroatoms. The summed E-state index contributed by atoms with van der Waals surface area (Å²) in [6.45, 7) is 8.98.